The molecule has 1 aliphatic rings. The smallest absolute Gasteiger partial charge is 0.294 e. The Bertz CT molecular complexity index is 383. The summed E-state index contributed by atoms with van der Waals surface area (Å²) >= 11 is 0. The van der Waals surface area contributed by atoms with E-state index >= 15 is 0 Å². The van der Waals surface area contributed by atoms with E-state index in [1.165, 1.54) is 0 Å². The highest BCUT2D eigenvalue weighted by molar-refractivity contribution is 7.90. The van der Waals surface area contributed by atoms with E-state index in [-0.39, 0.29) is 5.25 Å². The summed E-state index contributed by atoms with van der Waals surface area (Å²) in [6, 6.07) is 0. The van der Waals surface area contributed by atoms with Crippen LogP contribution in [-0.2, 0) is 14.8 Å². The SMILES string of the molecule is C=CCCC(C)([NH3+])C(=O)NS(=O)(=O)C1CC1. The van der Waals surface area contributed by atoms with Gasteiger partial charge in [-0.25, -0.2) is 13.1 Å². The molecule has 92 valence electrons. The van der Waals surface area contributed by atoms with Crippen molar-refractivity contribution in [1.29, 1.82) is 0 Å². The van der Waals surface area contributed by atoms with Crippen LogP contribution in [0.4, 0.5) is 0 Å². The third-order valence-corrected chi connectivity index (χ3v) is 4.47. The zero-order valence-corrected chi connectivity index (χ0v) is 10.3. The van der Waals surface area contributed by atoms with Crippen LogP contribution < -0.4 is 10.5 Å². The van der Waals surface area contributed by atoms with Crippen LogP contribution in [0.25, 0.3) is 0 Å². The fraction of sp³-hybridized carbons (Fsp3) is 0.700. The van der Waals surface area contributed by atoms with Gasteiger partial charge in [0.1, 0.15) is 0 Å². The minimum atomic E-state index is -3.46. The number of carbonyl (C=O) groups is 1. The van der Waals surface area contributed by atoms with Gasteiger partial charge in [-0.05, 0) is 26.2 Å². The molecule has 0 aromatic heterocycles. The molecule has 5 nitrogen and oxygen atoms in total. The van der Waals surface area contributed by atoms with Gasteiger partial charge in [-0.15, -0.1) is 6.58 Å². The number of sulfonamides is 1. The number of hydrogen-bond donors (Lipinski definition) is 2. The van der Waals surface area contributed by atoms with E-state index in [2.05, 4.69) is 17.0 Å². The Hall–Kier alpha value is -0.880. The van der Waals surface area contributed by atoms with Gasteiger partial charge < -0.3 is 5.73 Å². The lowest BCUT2D eigenvalue weighted by Crippen LogP contribution is -2.77. The highest BCUT2D eigenvalue weighted by Gasteiger charge is 2.41. The Labute approximate surface area is 96.1 Å². The lowest BCUT2D eigenvalue weighted by Gasteiger charge is -2.19. The van der Waals surface area contributed by atoms with Crippen LogP contribution in [0.3, 0.4) is 0 Å². The normalized spacial score (nSPS) is 19.9. The van der Waals surface area contributed by atoms with E-state index < -0.39 is 21.5 Å². The number of quaternary nitrogens is 1. The van der Waals surface area contributed by atoms with E-state index in [9.17, 15) is 13.2 Å². The van der Waals surface area contributed by atoms with E-state index in [0.717, 1.165) is 0 Å². The van der Waals surface area contributed by atoms with Crippen molar-refractivity contribution in [2.45, 2.75) is 43.4 Å². The van der Waals surface area contributed by atoms with E-state index in [0.29, 0.717) is 25.7 Å². The zero-order valence-electron chi connectivity index (χ0n) is 9.53. The van der Waals surface area contributed by atoms with Crippen molar-refractivity contribution in [3.63, 3.8) is 0 Å². The summed E-state index contributed by atoms with van der Waals surface area (Å²) in [6.07, 6.45) is 4.10. The minimum absolute atomic E-state index is 0.383. The van der Waals surface area contributed by atoms with Crippen molar-refractivity contribution >= 4 is 15.9 Å². The van der Waals surface area contributed by atoms with E-state index in [4.69, 9.17) is 0 Å². The van der Waals surface area contributed by atoms with Gasteiger partial charge in [0.05, 0.1) is 5.25 Å². The number of nitrogens with one attached hydrogen (secondary N) is 1. The monoisotopic (exact) mass is 247 g/mol. The van der Waals surface area contributed by atoms with Crippen LogP contribution in [0, 0.1) is 0 Å². The highest BCUT2D eigenvalue weighted by Crippen LogP contribution is 2.27. The van der Waals surface area contributed by atoms with Crippen LogP contribution in [0.5, 0.6) is 0 Å². The number of rotatable bonds is 6. The lowest BCUT2D eigenvalue weighted by molar-refractivity contribution is -0.453. The van der Waals surface area contributed by atoms with Crippen molar-refractivity contribution in [1.82, 2.24) is 4.72 Å². The first-order chi connectivity index (χ1) is 7.29. The predicted molar refractivity (Wildman–Crippen MR) is 60.8 cm³/mol. The molecule has 1 atom stereocenters. The average Bonchev–Trinajstić information content (AvgIpc) is 2.97. The molecule has 1 saturated carbocycles. The molecule has 1 unspecified atom stereocenters. The maximum Gasteiger partial charge on any atom is 0.294 e. The van der Waals surface area contributed by atoms with E-state index in [1.807, 2.05) is 0 Å². The first-order valence-electron chi connectivity index (χ1n) is 5.32. The molecule has 0 spiro atoms. The molecule has 0 bridgehead atoms. The van der Waals surface area contributed by atoms with Gasteiger partial charge in [0.25, 0.3) is 5.91 Å². The van der Waals surface area contributed by atoms with Crippen LogP contribution in [0.1, 0.15) is 32.6 Å². The largest absolute Gasteiger partial charge is 0.345 e. The highest BCUT2D eigenvalue weighted by atomic mass is 32.2. The first-order valence-corrected chi connectivity index (χ1v) is 6.86. The van der Waals surface area contributed by atoms with Crippen molar-refractivity contribution in [2.75, 3.05) is 0 Å². The Morgan fingerprint density at radius 1 is 1.62 bits per heavy atom. The molecule has 0 aromatic rings. The summed E-state index contributed by atoms with van der Waals surface area (Å²) in [5, 5.41) is -0.383. The molecular formula is C10H19N2O3S+. The van der Waals surface area contributed by atoms with Crippen LogP contribution in [0.2, 0.25) is 0 Å². The van der Waals surface area contributed by atoms with E-state index in [1.54, 1.807) is 13.0 Å². The Kier molecular flexibility index (Phi) is 3.75. The second-order valence-corrected chi connectivity index (χ2v) is 6.52. The summed E-state index contributed by atoms with van der Waals surface area (Å²) in [6.45, 7) is 5.19. The molecule has 0 aliphatic heterocycles. The van der Waals surface area contributed by atoms with Gasteiger partial charge in [-0.2, -0.15) is 0 Å². The maximum atomic E-state index is 11.7. The molecule has 6 heteroatoms. The predicted octanol–water partition coefficient (Wildman–Crippen LogP) is -0.438. The van der Waals surface area contributed by atoms with Gasteiger partial charge in [0.15, 0.2) is 5.54 Å². The molecule has 1 aliphatic carbocycles. The quantitative estimate of drug-likeness (QED) is 0.623. The van der Waals surface area contributed by atoms with Crippen molar-refractivity contribution in [3.8, 4) is 0 Å². The Morgan fingerprint density at radius 2 is 2.19 bits per heavy atom. The van der Waals surface area contributed by atoms with Crippen molar-refractivity contribution in [3.05, 3.63) is 12.7 Å². The third kappa shape index (κ3) is 3.31. The fourth-order valence-electron chi connectivity index (χ4n) is 1.25. The maximum absolute atomic E-state index is 11.7. The number of hydrogen-bond acceptors (Lipinski definition) is 3. The molecule has 0 radical (unpaired) electrons. The summed E-state index contributed by atoms with van der Waals surface area (Å²) in [5.41, 5.74) is 2.83. The summed E-state index contributed by atoms with van der Waals surface area (Å²) < 4.78 is 25.2. The molecule has 1 fully saturated rings. The van der Waals surface area contributed by atoms with Crippen molar-refractivity contribution in [2.24, 2.45) is 0 Å². The molecular weight excluding hydrogens is 228 g/mol. The number of carbonyl (C=O) groups excluding carboxylic acids is 1. The van der Waals surface area contributed by atoms with Gasteiger partial charge in [0.2, 0.25) is 10.0 Å². The van der Waals surface area contributed by atoms with Gasteiger partial charge in [0, 0.05) is 6.42 Å². The standard InChI is InChI=1S/C10H18N2O3S/c1-3-4-7-10(2,11)9(13)12-16(14,15)8-5-6-8/h3,8H,1,4-7,11H2,2H3,(H,12,13)/p+1. The van der Waals surface area contributed by atoms with Gasteiger partial charge >= 0.3 is 0 Å². The van der Waals surface area contributed by atoms with Gasteiger partial charge in [-0.3, -0.25) is 4.79 Å². The molecule has 16 heavy (non-hydrogen) atoms. The van der Waals surface area contributed by atoms with Crippen LogP contribution in [0.15, 0.2) is 12.7 Å². The molecule has 0 heterocycles. The third-order valence-electron chi connectivity index (χ3n) is 2.65. The topological polar surface area (TPSA) is 90.9 Å². The van der Waals surface area contributed by atoms with Crippen molar-refractivity contribution < 1.29 is 18.9 Å². The molecule has 4 N–H and O–H groups in total. The fourth-order valence-corrected chi connectivity index (χ4v) is 2.68. The Morgan fingerprint density at radius 3 is 2.62 bits per heavy atom. The number of amides is 1. The summed E-state index contributed by atoms with van der Waals surface area (Å²) in [5.74, 6) is -0.527. The molecule has 1 rings (SSSR count). The Balaban J connectivity index is 2.59. The second kappa shape index (κ2) is 4.55. The van der Waals surface area contributed by atoms with Gasteiger partial charge in [-0.1, -0.05) is 6.08 Å². The van der Waals surface area contributed by atoms with Crippen LogP contribution >= 0.6 is 0 Å². The van der Waals surface area contributed by atoms with Crippen LogP contribution in [-0.4, -0.2) is 25.1 Å². The molecule has 0 aromatic carbocycles. The average molecular weight is 247 g/mol. The lowest BCUT2D eigenvalue weighted by atomic mass is 9.97. The molecule has 0 saturated heterocycles. The first kappa shape index (κ1) is 13.2. The summed E-state index contributed by atoms with van der Waals surface area (Å²) in [7, 11) is -3.46. The second-order valence-electron chi connectivity index (χ2n) is 4.56. The number of allylic oxidation sites excluding steroid dienone is 1. The zero-order chi connectivity index (χ0) is 12.4. The molecule has 1 amide bonds. The minimum Gasteiger partial charge on any atom is -0.345 e. The summed E-state index contributed by atoms with van der Waals surface area (Å²) in [4.78, 5) is 11.7.